The van der Waals surface area contributed by atoms with Crippen LogP contribution in [0.15, 0.2) is 42.5 Å². The van der Waals surface area contributed by atoms with Crippen LogP contribution in [0, 0.1) is 5.82 Å². The third kappa shape index (κ3) is 4.25. The first kappa shape index (κ1) is 21.7. The maximum absolute atomic E-state index is 14.0. The number of aromatic hydroxyl groups is 1. The summed E-state index contributed by atoms with van der Waals surface area (Å²) in [4.78, 5) is 23.0. The smallest absolute Gasteiger partial charge is 0.337 e. The van der Waals surface area contributed by atoms with Crippen LogP contribution in [0.4, 0.5) is 10.2 Å². The molecular formula is C23H21FN6O4. The number of phenols is 1. The van der Waals surface area contributed by atoms with Gasteiger partial charge >= 0.3 is 5.97 Å². The largest absolute Gasteiger partial charge is 0.508 e. The second-order valence-electron chi connectivity index (χ2n) is 7.78. The lowest BCUT2D eigenvalue weighted by Crippen LogP contribution is -2.37. The van der Waals surface area contributed by atoms with E-state index >= 15 is 0 Å². The molecule has 2 aromatic heterocycles. The van der Waals surface area contributed by atoms with Gasteiger partial charge in [-0.3, -0.25) is 0 Å². The van der Waals surface area contributed by atoms with Crippen LogP contribution in [-0.2, 0) is 16.0 Å². The molecule has 0 unspecified atom stereocenters. The summed E-state index contributed by atoms with van der Waals surface area (Å²) < 4.78 is 25.8. The monoisotopic (exact) mass is 464 g/mol. The van der Waals surface area contributed by atoms with E-state index in [9.17, 15) is 14.3 Å². The summed E-state index contributed by atoms with van der Waals surface area (Å²) >= 11 is 0. The van der Waals surface area contributed by atoms with Gasteiger partial charge in [-0.25, -0.2) is 23.8 Å². The van der Waals surface area contributed by atoms with Crippen molar-refractivity contribution in [3.63, 3.8) is 0 Å². The fourth-order valence-corrected chi connectivity index (χ4v) is 3.81. The Labute approximate surface area is 193 Å². The molecule has 5 rings (SSSR count). The first-order valence-corrected chi connectivity index (χ1v) is 10.6. The van der Waals surface area contributed by atoms with Gasteiger partial charge < -0.3 is 19.5 Å². The van der Waals surface area contributed by atoms with E-state index in [4.69, 9.17) is 9.47 Å². The molecule has 2 aromatic carbocycles. The van der Waals surface area contributed by atoms with Crippen molar-refractivity contribution in [1.29, 1.82) is 0 Å². The number of esters is 1. The van der Waals surface area contributed by atoms with Crippen molar-refractivity contribution in [1.82, 2.24) is 25.0 Å². The van der Waals surface area contributed by atoms with E-state index in [0.29, 0.717) is 61.0 Å². The van der Waals surface area contributed by atoms with Crippen molar-refractivity contribution in [2.75, 3.05) is 38.3 Å². The van der Waals surface area contributed by atoms with Gasteiger partial charge in [0, 0.05) is 24.7 Å². The van der Waals surface area contributed by atoms with Gasteiger partial charge in [0.2, 0.25) is 0 Å². The van der Waals surface area contributed by atoms with Crippen molar-refractivity contribution >= 4 is 23.0 Å². The van der Waals surface area contributed by atoms with E-state index in [2.05, 4.69) is 20.3 Å². The number of ether oxygens (including phenoxy) is 2. The Balaban J connectivity index is 1.58. The van der Waals surface area contributed by atoms with Crippen molar-refractivity contribution in [3.05, 3.63) is 59.4 Å². The molecule has 1 aliphatic heterocycles. The molecule has 0 amide bonds. The van der Waals surface area contributed by atoms with E-state index in [1.54, 1.807) is 28.9 Å². The average Bonchev–Trinajstić information content (AvgIpc) is 3.26. The highest BCUT2D eigenvalue weighted by Crippen LogP contribution is 2.29. The summed E-state index contributed by atoms with van der Waals surface area (Å²) in [5.41, 5.74) is 2.63. The maximum Gasteiger partial charge on any atom is 0.337 e. The number of fused-ring (bicyclic) bond motifs is 1. The molecular weight excluding hydrogens is 443 g/mol. The SMILES string of the molecule is COC(=O)c1ccc(Cn2nnc3c(N4CCOCC4)nc(-c4cc(O)cc(F)c4)nc32)cc1. The van der Waals surface area contributed by atoms with Gasteiger partial charge in [-0.1, -0.05) is 17.3 Å². The molecule has 4 aromatic rings. The van der Waals surface area contributed by atoms with Gasteiger partial charge in [0.05, 0.1) is 32.4 Å². The molecule has 174 valence electrons. The lowest BCUT2D eigenvalue weighted by Gasteiger charge is -2.28. The van der Waals surface area contributed by atoms with Gasteiger partial charge in [-0.2, -0.15) is 0 Å². The number of hydrogen-bond donors (Lipinski definition) is 1. The molecule has 0 spiro atoms. The Morgan fingerprint density at radius 1 is 1.15 bits per heavy atom. The minimum atomic E-state index is -0.594. The van der Waals surface area contributed by atoms with Crippen molar-refractivity contribution in [2.24, 2.45) is 0 Å². The summed E-state index contributed by atoms with van der Waals surface area (Å²) in [6.45, 7) is 2.65. The summed E-state index contributed by atoms with van der Waals surface area (Å²) in [5, 5.41) is 18.5. The maximum atomic E-state index is 14.0. The van der Waals surface area contributed by atoms with Crippen LogP contribution in [0.1, 0.15) is 15.9 Å². The Bertz CT molecular complexity index is 1330. The molecule has 1 aliphatic rings. The minimum Gasteiger partial charge on any atom is -0.508 e. The van der Waals surface area contributed by atoms with Gasteiger partial charge in [0.15, 0.2) is 22.8 Å². The highest BCUT2D eigenvalue weighted by molar-refractivity contribution is 5.89. The van der Waals surface area contributed by atoms with E-state index in [1.165, 1.54) is 19.2 Å². The molecule has 11 heteroatoms. The number of carbonyl (C=O) groups is 1. The summed E-state index contributed by atoms with van der Waals surface area (Å²) in [6.07, 6.45) is 0. The van der Waals surface area contributed by atoms with Crippen LogP contribution in [0.25, 0.3) is 22.6 Å². The van der Waals surface area contributed by atoms with E-state index < -0.39 is 11.8 Å². The molecule has 1 saturated heterocycles. The predicted octanol–water partition coefficient (Wildman–Crippen LogP) is 2.40. The molecule has 34 heavy (non-hydrogen) atoms. The normalized spacial score (nSPS) is 13.9. The quantitative estimate of drug-likeness (QED) is 0.445. The van der Waals surface area contributed by atoms with Crippen LogP contribution >= 0.6 is 0 Å². The molecule has 0 saturated carbocycles. The fourth-order valence-electron chi connectivity index (χ4n) is 3.81. The average molecular weight is 464 g/mol. The Morgan fingerprint density at radius 2 is 1.91 bits per heavy atom. The number of aromatic nitrogens is 5. The Morgan fingerprint density at radius 3 is 2.62 bits per heavy atom. The van der Waals surface area contributed by atoms with E-state index in [1.807, 2.05) is 4.90 Å². The number of rotatable bonds is 5. The first-order chi connectivity index (χ1) is 16.5. The molecule has 0 aliphatic carbocycles. The number of halogens is 1. The number of nitrogens with zero attached hydrogens (tertiary/aromatic N) is 6. The summed E-state index contributed by atoms with van der Waals surface area (Å²) in [5.74, 6) is -0.413. The van der Waals surface area contributed by atoms with Crippen LogP contribution in [0.5, 0.6) is 5.75 Å². The van der Waals surface area contributed by atoms with Crippen LogP contribution in [-0.4, -0.2) is 69.5 Å². The predicted molar refractivity (Wildman–Crippen MR) is 120 cm³/mol. The van der Waals surface area contributed by atoms with Crippen LogP contribution in [0.3, 0.4) is 0 Å². The highest BCUT2D eigenvalue weighted by atomic mass is 19.1. The van der Waals surface area contributed by atoms with Crippen LogP contribution in [0.2, 0.25) is 0 Å². The molecule has 0 atom stereocenters. The molecule has 1 fully saturated rings. The van der Waals surface area contributed by atoms with Crippen LogP contribution < -0.4 is 4.90 Å². The molecule has 10 nitrogen and oxygen atoms in total. The number of hydrogen-bond acceptors (Lipinski definition) is 9. The van der Waals surface area contributed by atoms with E-state index in [0.717, 1.165) is 11.6 Å². The fraction of sp³-hybridized carbons (Fsp3) is 0.261. The first-order valence-electron chi connectivity index (χ1n) is 10.6. The zero-order valence-electron chi connectivity index (χ0n) is 18.3. The summed E-state index contributed by atoms with van der Waals surface area (Å²) in [7, 11) is 1.33. The lowest BCUT2D eigenvalue weighted by atomic mass is 10.1. The number of phenolic OH excluding ortho intramolecular Hbond substituents is 1. The minimum absolute atomic E-state index is 0.219. The second kappa shape index (κ2) is 9.02. The number of benzene rings is 2. The van der Waals surface area contributed by atoms with Gasteiger partial charge in [0.25, 0.3) is 0 Å². The standard InChI is InChI=1S/C23H21FN6O4/c1-33-23(32)15-4-2-14(3-5-15)13-30-22-19(27-28-30)21(29-6-8-34-9-7-29)25-20(26-22)16-10-17(24)12-18(31)11-16/h2-5,10-12,31H,6-9,13H2,1H3. The molecule has 0 radical (unpaired) electrons. The zero-order chi connectivity index (χ0) is 23.7. The van der Waals surface area contributed by atoms with Crippen molar-refractivity contribution in [2.45, 2.75) is 6.54 Å². The number of carbonyl (C=O) groups excluding carboxylic acids is 1. The Hall–Kier alpha value is -4.12. The number of morpholine rings is 1. The number of methoxy groups -OCH3 is 1. The third-order valence-electron chi connectivity index (χ3n) is 5.50. The molecule has 3 heterocycles. The van der Waals surface area contributed by atoms with Gasteiger partial charge in [-0.15, -0.1) is 5.10 Å². The van der Waals surface area contributed by atoms with E-state index in [-0.39, 0.29) is 11.6 Å². The highest BCUT2D eigenvalue weighted by Gasteiger charge is 2.22. The summed E-state index contributed by atoms with van der Waals surface area (Å²) in [6, 6.07) is 10.7. The lowest BCUT2D eigenvalue weighted by molar-refractivity contribution is 0.0600. The van der Waals surface area contributed by atoms with Crippen molar-refractivity contribution < 1.29 is 23.8 Å². The third-order valence-corrected chi connectivity index (χ3v) is 5.50. The van der Waals surface area contributed by atoms with Crippen molar-refractivity contribution in [3.8, 4) is 17.1 Å². The second-order valence-corrected chi connectivity index (χ2v) is 7.78. The topological polar surface area (TPSA) is 115 Å². The molecule has 0 bridgehead atoms. The van der Waals surface area contributed by atoms with Gasteiger partial charge in [-0.05, 0) is 29.8 Å². The number of anilines is 1. The zero-order valence-corrected chi connectivity index (χ0v) is 18.3. The molecule has 1 N–H and O–H groups in total. The Kier molecular flexibility index (Phi) is 5.76. The van der Waals surface area contributed by atoms with Gasteiger partial charge in [0.1, 0.15) is 11.6 Å².